The number of likely N-dealkylation sites (tertiary alicyclic amines) is 1. The van der Waals surface area contributed by atoms with Gasteiger partial charge in [-0.15, -0.1) is 0 Å². The molecular weight excluding hydrogens is 294 g/mol. The van der Waals surface area contributed by atoms with E-state index in [0.29, 0.717) is 31.0 Å². The molecule has 2 fully saturated rings. The highest BCUT2D eigenvalue weighted by molar-refractivity contribution is 5.95. The molecule has 0 aromatic carbocycles. The van der Waals surface area contributed by atoms with E-state index in [2.05, 4.69) is 5.10 Å². The molecule has 2 heterocycles. The van der Waals surface area contributed by atoms with Crippen LogP contribution in [0.2, 0.25) is 0 Å². The van der Waals surface area contributed by atoms with Crippen LogP contribution in [0.1, 0.15) is 66.9 Å². The minimum atomic E-state index is -0.804. The van der Waals surface area contributed by atoms with E-state index in [1.165, 1.54) is 19.3 Å². The summed E-state index contributed by atoms with van der Waals surface area (Å²) in [5, 5.41) is 13.8. The number of carboxylic acid groups (broad SMARTS) is 1. The van der Waals surface area contributed by atoms with Gasteiger partial charge in [0, 0.05) is 32.3 Å². The van der Waals surface area contributed by atoms with Crippen LogP contribution in [-0.4, -0.2) is 44.8 Å². The number of piperidine rings is 1. The van der Waals surface area contributed by atoms with Gasteiger partial charge >= 0.3 is 5.97 Å². The Morgan fingerprint density at radius 1 is 1.17 bits per heavy atom. The Hall–Kier alpha value is -1.85. The maximum absolute atomic E-state index is 12.9. The number of rotatable bonds is 3. The highest BCUT2D eigenvalue weighted by atomic mass is 16.4. The van der Waals surface area contributed by atoms with Crippen molar-refractivity contribution in [1.82, 2.24) is 14.7 Å². The predicted octanol–water partition coefficient (Wildman–Crippen LogP) is 2.40. The van der Waals surface area contributed by atoms with Gasteiger partial charge in [0.05, 0.1) is 17.2 Å². The van der Waals surface area contributed by atoms with Crippen molar-refractivity contribution in [2.75, 3.05) is 13.1 Å². The van der Waals surface area contributed by atoms with Crippen molar-refractivity contribution in [3.63, 3.8) is 0 Å². The summed E-state index contributed by atoms with van der Waals surface area (Å²) >= 11 is 0. The fourth-order valence-electron chi connectivity index (χ4n) is 3.88. The van der Waals surface area contributed by atoms with Crippen molar-refractivity contribution in [2.45, 2.75) is 50.9 Å². The first-order valence-electron chi connectivity index (χ1n) is 8.62. The number of aliphatic carboxylic acids is 1. The zero-order valence-electron chi connectivity index (χ0n) is 13.7. The summed E-state index contributed by atoms with van der Waals surface area (Å²) in [5.74, 6) is -0.933. The molecule has 1 aliphatic carbocycles. The van der Waals surface area contributed by atoms with Gasteiger partial charge in [0.1, 0.15) is 0 Å². The van der Waals surface area contributed by atoms with Gasteiger partial charge < -0.3 is 10.0 Å². The lowest BCUT2D eigenvalue weighted by atomic mass is 9.85. The second kappa shape index (κ2) is 6.72. The summed E-state index contributed by atoms with van der Waals surface area (Å²) < 4.78 is 1.72. The lowest BCUT2D eigenvalue weighted by Gasteiger charge is -2.31. The van der Waals surface area contributed by atoms with E-state index in [9.17, 15) is 14.7 Å². The number of nitrogens with zero attached hydrogens (tertiary/aromatic N) is 3. The average Bonchev–Trinajstić information content (AvgIpc) is 2.97. The standard InChI is InChI=1S/C17H25N3O3/c1-19-11-14(15(18-19)12-6-3-2-4-7-12)16(21)20-9-5-8-13(10-20)17(22)23/h11-13H,2-10H2,1H3,(H,22,23). The number of carboxylic acids is 1. The molecule has 23 heavy (non-hydrogen) atoms. The Morgan fingerprint density at radius 3 is 2.61 bits per heavy atom. The number of aryl methyl sites for hydroxylation is 1. The van der Waals surface area contributed by atoms with Crippen molar-refractivity contribution < 1.29 is 14.7 Å². The smallest absolute Gasteiger partial charge is 0.308 e. The van der Waals surface area contributed by atoms with Crippen LogP contribution in [0.4, 0.5) is 0 Å². The van der Waals surface area contributed by atoms with Crippen LogP contribution in [0.25, 0.3) is 0 Å². The lowest BCUT2D eigenvalue weighted by molar-refractivity contribution is -0.143. The maximum Gasteiger partial charge on any atom is 0.308 e. The molecule has 0 radical (unpaired) electrons. The third-order valence-corrected chi connectivity index (χ3v) is 5.14. The van der Waals surface area contributed by atoms with Crippen molar-refractivity contribution in [3.05, 3.63) is 17.5 Å². The molecule has 6 heteroatoms. The van der Waals surface area contributed by atoms with Gasteiger partial charge in [0.2, 0.25) is 0 Å². The van der Waals surface area contributed by atoms with Crippen LogP contribution in [0.5, 0.6) is 0 Å². The molecule has 1 atom stereocenters. The quantitative estimate of drug-likeness (QED) is 0.928. The topological polar surface area (TPSA) is 75.4 Å². The van der Waals surface area contributed by atoms with Gasteiger partial charge in [0.25, 0.3) is 5.91 Å². The lowest BCUT2D eigenvalue weighted by Crippen LogP contribution is -2.42. The van der Waals surface area contributed by atoms with Gasteiger partial charge in [-0.25, -0.2) is 0 Å². The Labute approximate surface area is 136 Å². The molecule has 1 amide bonds. The van der Waals surface area contributed by atoms with E-state index < -0.39 is 11.9 Å². The van der Waals surface area contributed by atoms with E-state index in [4.69, 9.17) is 0 Å². The largest absolute Gasteiger partial charge is 0.481 e. The van der Waals surface area contributed by atoms with Gasteiger partial charge in [-0.1, -0.05) is 19.3 Å². The van der Waals surface area contributed by atoms with Crippen LogP contribution in [0.15, 0.2) is 6.20 Å². The second-order valence-electron chi connectivity index (χ2n) is 6.87. The van der Waals surface area contributed by atoms with Crippen molar-refractivity contribution in [2.24, 2.45) is 13.0 Å². The van der Waals surface area contributed by atoms with Crippen molar-refractivity contribution >= 4 is 11.9 Å². The summed E-state index contributed by atoms with van der Waals surface area (Å²) in [6.07, 6.45) is 9.04. The maximum atomic E-state index is 12.9. The molecule has 1 aromatic heterocycles. The molecule has 1 aromatic rings. The molecule has 126 valence electrons. The van der Waals surface area contributed by atoms with Crippen molar-refractivity contribution in [1.29, 1.82) is 0 Å². The number of hydrogen-bond donors (Lipinski definition) is 1. The highest BCUT2D eigenvalue weighted by Crippen LogP contribution is 2.34. The molecule has 0 bridgehead atoms. The minimum absolute atomic E-state index is 0.0513. The number of hydrogen-bond acceptors (Lipinski definition) is 3. The molecule has 1 unspecified atom stereocenters. The minimum Gasteiger partial charge on any atom is -0.481 e. The Bertz CT molecular complexity index is 590. The summed E-state index contributed by atoms with van der Waals surface area (Å²) in [5.41, 5.74) is 1.58. The number of carbonyl (C=O) groups excluding carboxylic acids is 1. The Kier molecular flexibility index (Phi) is 4.68. The summed E-state index contributed by atoms with van der Waals surface area (Å²) in [7, 11) is 1.85. The van der Waals surface area contributed by atoms with Crippen LogP contribution in [0.3, 0.4) is 0 Å². The molecule has 1 saturated carbocycles. The first kappa shape index (κ1) is 16.0. The molecular formula is C17H25N3O3. The highest BCUT2D eigenvalue weighted by Gasteiger charge is 2.32. The first-order valence-corrected chi connectivity index (χ1v) is 8.62. The monoisotopic (exact) mass is 319 g/mol. The molecule has 0 spiro atoms. The molecule has 2 aliphatic rings. The normalized spacial score (nSPS) is 23.0. The van der Waals surface area contributed by atoms with E-state index in [1.807, 2.05) is 7.05 Å². The van der Waals surface area contributed by atoms with E-state index in [0.717, 1.165) is 25.0 Å². The molecule has 1 N–H and O–H groups in total. The Balaban J connectivity index is 1.80. The van der Waals surface area contributed by atoms with Gasteiger partial charge in [-0.3, -0.25) is 14.3 Å². The number of carbonyl (C=O) groups is 2. The summed E-state index contributed by atoms with van der Waals surface area (Å²) in [6.45, 7) is 0.953. The molecule has 1 aliphatic heterocycles. The Morgan fingerprint density at radius 2 is 1.91 bits per heavy atom. The zero-order chi connectivity index (χ0) is 16.4. The molecule has 3 rings (SSSR count). The van der Waals surface area contributed by atoms with Crippen LogP contribution in [0, 0.1) is 5.92 Å². The number of aromatic nitrogens is 2. The van der Waals surface area contributed by atoms with Gasteiger partial charge in [-0.05, 0) is 25.7 Å². The van der Waals surface area contributed by atoms with Crippen LogP contribution < -0.4 is 0 Å². The fourth-order valence-corrected chi connectivity index (χ4v) is 3.88. The van der Waals surface area contributed by atoms with Crippen molar-refractivity contribution in [3.8, 4) is 0 Å². The van der Waals surface area contributed by atoms with Gasteiger partial charge in [-0.2, -0.15) is 5.10 Å². The third kappa shape index (κ3) is 3.41. The SMILES string of the molecule is Cn1cc(C(=O)N2CCCC(C(=O)O)C2)c(C2CCCCC2)n1. The first-order chi connectivity index (χ1) is 11.1. The van der Waals surface area contributed by atoms with E-state index >= 15 is 0 Å². The predicted molar refractivity (Wildman–Crippen MR) is 85.3 cm³/mol. The fraction of sp³-hybridized carbons (Fsp3) is 0.706. The second-order valence-corrected chi connectivity index (χ2v) is 6.87. The van der Waals surface area contributed by atoms with Crippen LogP contribution in [-0.2, 0) is 11.8 Å². The molecule has 6 nitrogen and oxygen atoms in total. The summed E-state index contributed by atoms with van der Waals surface area (Å²) in [6, 6.07) is 0. The average molecular weight is 319 g/mol. The van der Waals surface area contributed by atoms with E-state index in [1.54, 1.807) is 15.8 Å². The third-order valence-electron chi connectivity index (χ3n) is 5.14. The zero-order valence-corrected chi connectivity index (χ0v) is 13.7. The van der Waals surface area contributed by atoms with E-state index in [-0.39, 0.29) is 5.91 Å². The number of amides is 1. The van der Waals surface area contributed by atoms with Gasteiger partial charge in [0.15, 0.2) is 0 Å². The molecule has 1 saturated heterocycles. The van der Waals surface area contributed by atoms with Crippen LogP contribution >= 0.6 is 0 Å². The summed E-state index contributed by atoms with van der Waals surface area (Å²) in [4.78, 5) is 25.8.